The van der Waals surface area contributed by atoms with Gasteiger partial charge in [0, 0.05) is 16.1 Å². The first kappa shape index (κ1) is 17.9. The van der Waals surface area contributed by atoms with Gasteiger partial charge in [0.05, 0.1) is 5.39 Å². The van der Waals surface area contributed by atoms with Crippen LogP contribution in [0.1, 0.15) is 25.7 Å². The summed E-state index contributed by atoms with van der Waals surface area (Å²) in [5.74, 6) is 0.992. The van der Waals surface area contributed by atoms with Crippen LogP contribution in [-0.2, 0) is 0 Å². The van der Waals surface area contributed by atoms with Crippen LogP contribution in [0.25, 0.3) is 20.3 Å². The minimum atomic E-state index is -0.834. The molecule has 1 aliphatic carbocycles. The maximum atomic E-state index is 11.1. The van der Waals surface area contributed by atoms with Crippen molar-refractivity contribution in [1.82, 2.24) is 14.9 Å². The smallest absolute Gasteiger partial charge is 0.409 e. The minimum Gasteiger partial charge on any atom is -0.474 e. The third-order valence-corrected chi connectivity index (χ3v) is 6.15. The molecule has 1 aromatic carbocycles. The molecular formula is C19H22N4O3S. The first-order valence-electron chi connectivity index (χ1n) is 8.99. The van der Waals surface area contributed by atoms with E-state index in [1.165, 1.54) is 0 Å². The molecule has 8 heteroatoms. The summed E-state index contributed by atoms with van der Waals surface area (Å²) in [5.41, 5.74) is 5.13. The average molecular weight is 386 g/mol. The van der Waals surface area contributed by atoms with Gasteiger partial charge in [-0.15, -0.1) is 11.3 Å². The Kier molecular flexibility index (Phi) is 4.84. The molecule has 2 aromatic heterocycles. The molecule has 0 saturated heterocycles. The molecule has 0 unspecified atom stereocenters. The molecule has 1 aliphatic rings. The number of primary amides is 1. The molecule has 1 fully saturated rings. The van der Waals surface area contributed by atoms with E-state index in [4.69, 9.17) is 15.2 Å². The predicted octanol–water partition coefficient (Wildman–Crippen LogP) is 3.55. The highest BCUT2D eigenvalue weighted by atomic mass is 32.1. The number of benzene rings is 1. The summed E-state index contributed by atoms with van der Waals surface area (Å²) in [6, 6.07) is 6.02. The number of aromatic nitrogens is 2. The molecule has 2 N–H and O–H groups in total. The van der Waals surface area contributed by atoms with Gasteiger partial charge in [-0.05, 0) is 58.0 Å². The minimum absolute atomic E-state index is 0.152. The van der Waals surface area contributed by atoms with Crippen molar-refractivity contribution in [2.45, 2.75) is 37.8 Å². The van der Waals surface area contributed by atoms with Gasteiger partial charge in [-0.2, -0.15) is 0 Å². The lowest BCUT2D eigenvalue weighted by molar-refractivity contribution is 0.108. The lowest BCUT2D eigenvalue weighted by atomic mass is 9.92. The van der Waals surface area contributed by atoms with Gasteiger partial charge in [0.25, 0.3) is 0 Å². The fourth-order valence-electron chi connectivity index (χ4n) is 3.67. The van der Waals surface area contributed by atoms with Gasteiger partial charge < -0.3 is 20.1 Å². The van der Waals surface area contributed by atoms with Crippen molar-refractivity contribution in [1.29, 1.82) is 0 Å². The van der Waals surface area contributed by atoms with Gasteiger partial charge in [-0.3, -0.25) is 0 Å². The van der Waals surface area contributed by atoms with Crippen molar-refractivity contribution in [2.24, 2.45) is 5.73 Å². The molecule has 0 atom stereocenters. The van der Waals surface area contributed by atoms with Gasteiger partial charge in [0.1, 0.15) is 23.0 Å². The summed E-state index contributed by atoms with van der Waals surface area (Å²) < 4.78 is 12.3. The molecule has 27 heavy (non-hydrogen) atoms. The van der Waals surface area contributed by atoms with Gasteiger partial charge in [0.2, 0.25) is 5.88 Å². The molecule has 2 heterocycles. The molecule has 0 spiro atoms. The van der Waals surface area contributed by atoms with Crippen LogP contribution in [0.5, 0.6) is 11.6 Å². The van der Waals surface area contributed by atoms with Crippen molar-refractivity contribution in [3.63, 3.8) is 0 Å². The van der Waals surface area contributed by atoms with Crippen LogP contribution >= 0.6 is 11.3 Å². The number of nitrogens with zero attached hydrogens (tertiary/aromatic N) is 3. The number of nitrogens with two attached hydrogens (primary N) is 1. The molecule has 142 valence electrons. The maximum absolute atomic E-state index is 11.1. The second-order valence-electron chi connectivity index (χ2n) is 7.05. The molecular weight excluding hydrogens is 364 g/mol. The van der Waals surface area contributed by atoms with E-state index >= 15 is 0 Å². The van der Waals surface area contributed by atoms with Crippen LogP contribution in [-0.4, -0.2) is 47.2 Å². The van der Waals surface area contributed by atoms with Crippen LogP contribution in [0.3, 0.4) is 0 Å². The number of hydrogen-bond acceptors (Lipinski definition) is 7. The standard InChI is InChI=1S/C19H22N4O3S/c1-23(2)11-3-5-12(6-4-11)25-17-16-14-9-13(26-19(20)24)7-8-15(14)27-18(16)22-10-21-17/h7-12H,3-6H2,1-2H3,(H2,20,24). The zero-order chi connectivity index (χ0) is 19.0. The first-order valence-corrected chi connectivity index (χ1v) is 9.80. The second kappa shape index (κ2) is 7.28. The Labute approximate surface area is 161 Å². The van der Waals surface area contributed by atoms with Gasteiger partial charge in [-0.1, -0.05) is 0 Å². The van der Waals surface area contributed by atoms with E-state index in [2.05, 4.69) is 29.0 Å². The van der Waals surface area contributed by atoms with Crippen molar-refractivity contribution >= 4 is 37.7 Å². The monoisotopic (exact) mass is 386 g/mol. The molecule has 1 amide bonds. The molecule has 0 radical (unpaired) electrons. The lowest BCUT2D eigenvalue weighted by Gasteiger charge is -2.32. The summed E-state index contributed by atoms with van der Waals surface area (Å²) in [7, 11) is 4.26. The van der Waals surface area contributed by atoms with Crippen molar-refractivity contribution in [2.75, 3.05) is 14.1 Å². The molecule has 7 nitrogen and oxygen atoms in total. The predicted molar refractivity (Wildman–Crippen MR) is 105 cm³/mol. The summed E-state index contributed by atoms with van der Waals surface area (Å²) in [6.07, 6.45) is 5.11. The quantitative estimate of drug-likeness (QED) is 0.737. The van der Waals surface area contributed by atoms with E-state index in [0.717, 1.165) is 46.0 Å². The summed E-state index contributed by atoms with van der Waals surface area (Å²) in [6.45, 7) is 0. The number of thiophene rings is 1. The number of amides is 1. The fourth-order valence-corrected chi connectivity index (χ4v) is 4.68. The summed E-state index contributed by atoms with van der Waals surface area (Å²) in [5, 5.41) is 1.77. The highest BCUT2D eigenvalue weighted by Crippen LogP contribution is 2.39. The molecule has 0 aliphatic heterocycles. The number of ether oxygens (including phenoxy) is 2. The zero-order valence-electron chi connectivity index (χ0n) is 15.3. The van der Waals surface area contributed by atoms with Gasteiger partial charge in [-0.25, -0.2) is 14.8 Å². The Morgan fingerprint density at radius 1 is 1.22 bits per heavy atom. The van der Waals surface area contributed by atoms with Crippen molar-refractivity contribution in [3.05, 3.63) is 24.5 Å². The second-order valence-corrected chi connectivity index (χ2v) is 8.08. The van der Waals surface area contributed by atoms with Gasteiger partial charge >= 0.3 is 6.09 Å². The first-order chi connectivity index (χ1) is 13.0. The topological polar surface area (TPSA) is 90.6 Å². The van der Waals surface area contributed by atoms with E-state index in [9.17, 15) is 4.79 Å². The highest BCUT2D eigenvalue weighted by Gasteiger charge is 2.25. The maximum Gasteiger partial charge on any atom is 0.409 e. The highest BCUT2D eigenvalue weighted by molar-refractivity contribution is 7.25. The SMILES string of the molecule is CN(C)C1CCC(Oc2ncnc3sc4ccc(OC(N)=O)cc4c23)CC1. The number of fused-ring (bicyclic) bond motifs is 3. The van der Waals surface area contributed by atoms with Crippen LogP contribution in [0, 0.1) is 0 Å². The molecule has 3 aromatic rings. The molecule has 0 bridgehead atoms. The van der Waals surface area contributed by atoms with E-state index < -0.39 is 6.09 Å². The Balaban J connectivity index is 1.65. The number of rotatable bonds is 4. The Hall–Kier alpha value is -2.45. The van der Waals surface area contributed by atoms with Crippen LogP contribution in [0.15, 0.2) is 24.5 Å². The Morgan fingerprint density at radius 3 is 2.70 bits per heavy atom. The van der Waals surface area contributed by atoms with Crippen molar-refractivity contribution in [3.8, 4) is 11.6 Å². The van der Waals surface area contributed by atoms with Gasteiger partial charge in [0.15, 0.2) is 0 Å². The van der Waals surface area contributed by atoms with Crippen molar-refractivity contribution < 1.29 is 14.3 Å². The number of carbonyl (C=O) groups excluding carboxylic acids is 1. The van der Waals surface area contributed by atoms with E-state index in [1.54, 1.807) is 29.8 Å². The molecule has 1 saturated carbocycles. The third-order valence-electron chi connectivity index (χ3n) is 5.08. The van der Waals surface area contributed by atoms with E-state index in [-0.39, 0.29) is 6.10 Å². The number of carbonyl (C=O) groups is 1. The van der Waals surface area contributed by atoms with E-state index in [1.807, 2.05) is 6.07 Å². The third kappa shape index (κ3) is 3.68. The summed E-state index contributed by atoms with van der Waals surface area (Å²) in [4.78, 5) is 23.0. The zero-order valence-corrected chi connectivity index (χ0v) is 16.2. The van der Waals surface area contributed by atoms with Crippen LogP contribution < -0.4 is 15.2 Å². The average Bonchev–Trinajstić information content (AvgIpc) is 3.00. The van der Waals surface area contributed by atoms with Crippen LogP contribution in [0.2, 0.25) is 0 Å². The van der Waals surface area contributed by atoms with Crippen LogP contribution in [0.4, 0.5) is 4.79 Å². The number of hydrogen-bond donors (Lipinski definition) is 1. The fraction of sp³-hybridized carbons (Fsp3) is 0.421. The normalized spacial score (nSPS) is 20.3. The summed E-state index contributed by atoms with van der Waals surface area (Å²) >= 11 is 1.56. The largest absolute Gasteiger partial charge is 0.474 e. The Morgan fingerprint density at radius 2 is 2.00 bits per heavy atom. The lowest BCUT2D eigenvalue weighted by Crippen LogP contribution is -2.35. The molecule has 4 rings (SSSR count). The Bertz CT molecular complexity index is 980. The van der Waals surface area contributed by atoms with E-state index in [0.29, 0.717) is 17.7 Å².